The number of para-hydroxylation sites is 1. The molecule has 3 rings (SSSR count). The summed E-state index contributed by atoms with van der Waals surface area (Å²) < 4.78 is 1.85. The quantitative estimate of drug-likeness (QED) is 0.646. The summed E-state index contributed by atoms with van der Waals surface area (Å²) in [6, 6.07) is 10.0. The average molecular weight is 289 g/mol. The van der Waals surface area contributed by atoms with Crippen LogP contribution in [0.25, 0.3) is 5.69 Å². The Morgan fingerprint density at radius 2 is 2.00 bits per heavy atom. The monoisotopic (exact) mass is 288 g/mol. The van der Waals surface area contributed by atoms with Crippen LogP contribution in [0.5, 0.6) is 0 Å². The van der Waals surface area contributed by atoms with Crippen molar-refractivity contribution in [2.75, 3.05) is 0 Å². The Morgan fingerprint density at radius 3 is 2.68 bits per heavy atom. The molecule has 19 heavy (non-hydrogen) atoms. The van der Waals surface area contributed by atoms with Gasteiger partial charge in [0.2, 0.25) is 0 Å². The van der Waals surface area contributed by atoms with Crippen molar-refractivity contribution < 1.29 is 0 Å². The lowest BCUT2D eigenvalue weighted by atomic mass is 10.1. The molecule has 2 heterocycles. The van der Waals surface area contributed by atoms with Crippen LogP contribution in [0.4, 0.5) is 0 Å². The van der Waals surface area contributed by atoms with Crippen molar-refractivity contribution in [1.82, 2.24) is 9.78 Å². The van der Waals surface area contributed by atoms with Crippen molar-refractivity contribution in [2.24, 2.45) is 0 Å². The SMILES string of the molecule is Cc1cscc1C(Cl)c1cnn(-c2ccccc2)c1. The number of aromatic nitrogens is 2. The second-order valence-electron chi connectivity index (χ2n) is 4.43. The van der Waals surface area contributed by atoms with E-state index < -0.39 is 0 Å². The molecule has 0 saturated heterocycles. The summed E-state index contributed by atoms with van der Waals surface area (Å²) in [5.74, 6) is 0. The van der Waals surface area contributed by atoms with E-state index in [2.05, 4.69) is 22.8 Å². The number of thiophene rings is 1. The molecule has 0 radical (unpaired) electrons. The lowest BCUT2D eigenvalue weighted by molar-refractivity contribution is 0.880. The molecule has 2 nitrogen and oxygen atoms in total. The molecule has 0 saturated carbocycles. The highest BCUT2D eigenvalue weighted by Gasteiger charge is 2.16. The molecule has 2 aromatic heterocycles. The van der Waals surface area contributed by atoms with Crippen LogP contribution in [0.15, 0.2) is 53.5 Å². The normalized spacial score (nSPS) is 12.5. The minimum atomic E-state index is -0.135. The van der Waals surface area contributed by atoms with Gasteiger partial charge < -0.3 is 0 Å². The van der Waals surface area contributed by atoms with Crippen molar-refractivity contribution in [3.8, 4) is 5.69 Å². The fourth-order valence-corrected chi connectivity index (χ4v) is 3.30. The van der Waals surface area contributed by atoms with E-state index in [9.17, 15) is 0 Å². The van der Waals surface area contributed by atoms with Gasteiger partial charge in [0, 0.05) is 11.8 Å². The van der Waals surface area contributed by atoms with Gasteiger partial charge >= 0.3 is 0 Å². The number of hydrogen-bond donors (Lipinski definition) is 0. The Hall–Kier alpha value is -1.58. The highest BCUT2D eigenvalue weighted by Crippen LogP contribution is 2.32. The molecular weight excluding hydrogens is 276 g/mol. The third-order valence-electron chi connectivity index (χ3n) is 3.08. The van der Waals surface area contributed by atoms with Gasteiger partial charge in [0.15, 0.2) is 0 Å². The summed E-state index contributed by atoms with van der Waals surface area (Å²) in [5.41, 5.74) is 4.46. The van der Waals surface area contributed by atoms with E-state index in [0.717, 1.165) is 11.3 Å². The van der Waals surface area contributed by atoms with Crippen molar-refractivity contribution in [2.45, 2.75) is 12.3 Å². The molecule has 4 heteroatoms. The van der Waals surface area contributed by atoms with Crippen LogP contribution < -0.4 is 0 Å². The third-order valence-corrected chi connectivity index (χ3v) is 4.45. The van der Waals surface area contributed by atoms with Crippen molar-refractivity contribution >= 4 is 22.9 Å². The maximum Gasteiger partial charge on any atom is 0.0876 e. The van der Waals surface area contributed by atoms with Crippen LogP contribution in [0, 0.1) is 6.92 Å². The molecule has 0 bridgehead atoms. The predicted octanol–water partition coefficient (Wildman–Crippen LogP) is 4.57. The van der Waals surface area contributed by atoms with Crippen LogP contribution in [-0.2, 0) is 0 Å². The largest absolute Gasteiger partial charge is 0.241 e. The smallest absolute Gasteiger partial charge is 0.0876 e. The number of benzene rings is 1. The van der Waals surface area contributed by atoms with Gasteiger partial charge in [-0.15, -0.1) is 11.6 Å². The Kier molecular flexibility index (Phi) is 3.40. The van der Waals surface area contributed by atoms with Crippen molar-refractivity contribution in [3.05, 3.63) is 70.2 Å². The van der Waals surface area contributed by atoms with Gasteiger partial charge in [0.1, 0.15) is 0 Å². The van der Waals surface area contributed by atoms with Gasteiger partial charge in [-0.3, -0.25) is 0 Å². The van der Waals surface area contributed by atoms with E-state index in [-0.39, 0.29) is 5.38 Å². The van der Waals surface area contributed by atoms with E-state index in [1.807, 2.05) is 47.4 Å². The topological polar surface area (TPSA) is 17.8 Å². The maximum absolute atomic E-state index is 6.53. The van der Waals surface area contributed by atoms with Gasteiger partial charge in [-0.1, -0.05) is 18.2 Å². The van der Waals surface area contributed by atoms with Gasteiger partial charge in [-0.25, -0.2) is 4.68 Å². The second-order valence-corrected chi connectivity index (χ2v) is 5.61. The summed E-state index contributed by atoms with van der Waals surface area (Å²) in [7, 11) is 0. The van der Waals surface area contributed by atoms with Crippen molar-refractivity contribution in [3.63, 3.8) is 0 Å². The van der Waals surface area contributed by atoms with E-state index in [4.69, 9.17) is 11.6 Å². The Bertz CT molecular complexity index is 672. The second kappa shape index (κ2) is 5.19. The standard InChI is InChI=1S/C15H13ClN2S/c1-11-9-19-10-14(11)15(16)12-7-17-18(8-12)13-5-3-2-4-6-13/h2-10,15H,1H3. The van der Waals surface area contributed by atoms with E-state index in [0.29, 0.717) is 0 Å². The Balaban J connectivity index is 1.92. The number of alkyl halides is 1. The molecule has 0 aliphatic rings. The lowest BCUT2D eigenvalue weighted by Crippen LogP contribution is -1.94. The first-order valence-corrected chi connectivity index (χ1v) is 7.40. The summed E-state index contributed by atoms with van der Waals surface area (Å²) in [6.45, 7) is 2.09. The van der Waals surface area contributed by atoms with Gasteiger partial charge in [-0.2, -0.15) is 16.4 Å². The van der Waals surface area contributed by atoms with Crippen LogP contribution >= 0.6 is 22.9 Å². The zero-order chi connectivity index (χ0) is 13.2. The molecule has 0 amide bonds. The van der Waals surface area contributed by atoms with Crippen LogP contribution in [-0.4, -0.2) is 9.78 Å². The minimum Gasteiger partial charge on any atom is -0.241 e. The number of nitrogens with zero attached hydrogens (tertiary/aromatic N) is 2. The fourth-order valence-electron chi connectivity index (χ4n) is 2.00. The molecule has 3 aromatic rings. The van der Waals surface area contributed by atoms with E-state index >= 15 is 0 Å². The molecule has 0 spiro atoms. The van der Waals surface area contributed by atoms with Crippen LogP contribution in [0.2, 0.25) is 0 Å². The zero-order valence-corrected chi connectivity index (χ0v) is 12.0. The van der Waals surface area contributed by atoms with E-state index in [1.54, 1.807) is 11.3 Å². The molecular formula is C15H13ClN2S. The lowest BCUT2D eigenvalue weighted by Gasteiger charge is -2.06. The highest BCUT2D eigenvalue weighted by molar-refractivity contribution is 7.08. The predicted molar refractivity (Wildman–Crippen MR) is 80.3 cm³/mol. The summed E-state index contributed by atoms with van der Waals surface area (Å²) in [4.78, 5) is 0. The molecule has 1 aromatic carbocycles. The molecule has 1 unspecified atom stereocenters. The molecule has 0 fully saturated rings. The minimum absolute atomic E-state index is 0.135. The van der Waals surface area contributed by atoms with Crippen LogP contribution in [0.1, 0.15) is 22.1 Å². The van der Waals surface area contributed by atoms with Gasteiger partial charge in [-0.05, 0) is 40.9 Å². The number of rotatable bonds is 3. The third kappa shape index (κ3) is 2.44. The zero-order valence-electron chi connectivity index (χ0n) is 10.5. The number of hydrogen-bond acceptors (Lipinski definition) is 2. The number of halogens is 1. The maximum atomic E-state index is 6.53. The molecule has 96 valence electrons. The van der Waals surface area contributed by atoms with Crippen molar-refractivity contribution in [1.29, 1.82) is 0 Å². The molecule has 0 aliphatic heterocycles. The van der Waals surface area contributed by atoms with Gasteiger partial charge in [0.25, 0.3) is 0 Å². The first-order valence-electron chi connectivity index (χ1n) is 6.02. The first-order chi connectivity index (χ1) is 9.25. The molecule has 0 aliphatic carbocycles. The summed E-state index contributed by atoms with van der Waals surface area (Å²) in [5, 5.41) is 8.47. The summed E-state index contributed by atoms with van der Waals surface area (Å²) >= 11 is 8.21. The fraction of sp³-hybridized carbons (Fsp3) is 0.133. The first kappa shape index (κ1) is 12.5. The Labute approximate surface area is 121 Å². The summed E-state index contributed by atoms with van der Waals surface area (Å²) in [6.07, 6.45) is 3.83. The Morgan fingerprint density at radius 1 is 1.21 bits per heavy atom. The molecule has 0 N–H and O–H groups in total. The van der Waals surface area contributed by atoms with Gasteiger partial charge in [0.05, 0.1) is 17.3 Å². The van der Waals surface area contributed by atoms with E-state index in [1.165, 1.54) is 11.1 Å². The van der Waals surface area contributed by atoms with Crippen LogP contribution in [0.3, 0.4) is 0 Å². The average Bonchev–Trinajstić information content (AvgIpc) is 3.08. The number of aryl methyl sites for hydroxylation is 1. The molecule has 1 atom stereocenters. The highest BCUT2D eigenvalue weighted by atomic mass is 35.5.